The van der Waals surface area contributed by atoms with Crippen LogP contribution in [0.5, 0.6) is 0 Å². The van der Waals surface area contributed by atoms with Crippen molar-refractivity contribution in [1.29, 1.82) is 0 Å². The first-order valence-corrected chi connectivity index (χ1v) is 10.6. The lowest BCUT2D eigenvalue weighted by Gasteiger charge is -2.28. The molecule has 0 atom stereocenters. The predicted octanol–water partition coefficient (Wildman–Crippen LogP) is 6.29. The van der Waals surface area contributed by atoms with E-state index in [2.05, 4.69) is 39.6 Å². The molecule has 1 aromatic carbocycles. The van der Waals surface area contributed by atoms with Gasteiger partial charge in [0.25, 0.3) is 0 Å². The second-order valence-corrected chi connectivity index (χ2v) is 8.29. The molecule has 0 radical (unpaired) electrons. The summed E-state index contributed by atoms with van der Waals surface area (Å²) in [6.07, 6.45) is 7.88. The highest BCUT2D eigenvalue weighted by molar-refractivity contribution is 6.30. The molecule has 2 N–H and O–H groups in total. The van der Waals surface area contributed by atoms with Crippen LogP contribution in [0.2, 0.25) is 5.02 Å². The number of pyridine rings is 2. The highest BCUT2D eigenvalue weighted by Crippen LogP contribution is 2.37. The van der Waals surface area contributed by atoms with Gasteiger partial charge >= 0.3 is 5.97 Å². The summed E-state index contributed by atoms with van der Waals surface area (Å²) in [7, 11) is 0. The van der Waals surface area contributed by atoms with Gasteiger partial charge in [-0.3, -0.25) is 4.79 Å². The number of benzene rings is 1. The zero-order chi connectivity index (χ0) is 20.9. The Morgan fingerprint density at radius 2 is 1.53 bits per heavy atom. The van der Waals surface area contributed by atoms with Crippen molar-refractivity contribution in [3.63, 3.8) is 0 Å². The fourth-order valence-electron chi connectivity index (χ4n) is 4.11. The van der Waals surface area contributed by atoms with Gasteiger partial charge < -0.3 is 10.4 Å². The van der Waals surface area contributed by atoms with E-state index in [0.29, 0.717) is 29.1 Å². The van der Waals surface area contributed by atoms with Crippen molar-refractivity contribution in [2.24, 2.45) is 5.92 Å². The van der Waals surface area contributed by atoms with E-state index in [9.17, 15) is 4.79 Å². The van der Waals surface area contributed by atoms with Gasteiger partial charge in [0.1, 0.15) is 11.6 Å². The third-order valence-electron chi connectivity index (χ3n) is 5.77. The number of hydrogen-bond donors (Lipinski definition) is 2. The SMILES string of the molecule is O=C(O)CC1CCC(c2ccc(-c3ccc(Nc4ccc(Cl)cn4)nc3)cc2)CC1. The lowest BCUT2D eigenvalue weighted by atomic mass is 9.77. The summed E-state index contributed by atoms with van der Waals surface area (Å²) < 4.78 is 0. The van der Waals surface area contributed by atoms with Gasteiger partial charge in [0.05, 0.1) is 5.02 Å². The fourth-order valence-corrected chi connectivity index (χ4v) is 4.23. The van der Waals surface area contributed by atoms with Crippen molar-refractivity contribution in [3.8, 4) is 11.1 Å². The third-order valence-corrected chi connectivity index (χ3v) is 6.00. The maximum Gasteiger partial charge on any atom is 0.303 e. The van der Waals surface area contributed by atoms with Crippen molar-refractivity contribution >= 4 is 29.2 Å². The number of aliphatic carboxylic acids is 1. The fraction of sp³-hybridized carbons (Fsp3) is 0.292. The average Bonchev–Trinajstić information content (AvgIpc) is 2.76. The largest absolute Gasteiger partial charge is 0.481 e. The maximum atomic E-state index is 10.9. The Bertz CT molecular complexity index is 980. The summed E-state index contributed by atoms with van der Waals surface area (Å²) in [5.41, 5.74) is 3.52. The Kier molecular flexibility index (Phi) is 6.29. The number of nitrogens with one attached hydrogen (secondary N) is 1. The van der Waals surface area contributed by atoms with E-state index < -0.39 is 5.97 Å². The van der Waals surface area contributed by atoms with E-state index in [1.165, 1.54) is 5.56 Å². The Balaban J connectivity index is 1.37. The van der Waals surface area contributed by atoms with Crippen LogP contribution in [0.4, 0.5) is 11.6 Å². The van der Waals surface area contributed by atoms with Crippen LogP contribution < -0.4 is 5.32 Å². The summed E-state index contributed by atoms with van der Waals surface area (Å²) in [5.74, 6) is 1.60. The molecule has 4 rings (SSSR count). The second-order valence-electron chi connectivity index (χ2n) is 7.86. The standard InChI is InChI=1S/C24H24ClN3O2/c25-21-10-12-23(27-15-21)28-22-11-9-20(14-26-22)19-7-5-18(6-8-19)17-3-1-16(2-4-17)13-24(29)30/h5-12,14-17H,1-4,13H2,(H,29,30)(H,26,27,28). The van der Waals surface area contributed by atoms with Crippen LogP contribution >= 0.6 is 11.6 Å². The third kappa shape index (κ3) is 5.16. The normalized spacial score (nSPS) is 18.7. The molecule has 30 heavy (non-hydrogen) atoms. The molecule has 6 heteroatoms. The number of carbonyl (C=O) groups is 1. The van der Waals surface area contributed by atoms with Gasteiger partial charge in [-0.2, -0.15) is 0 Å². The summed E-state index contributed by atoms with van der Waals surface area (Å²) in [6, 6.07) is 16.2. The van der Waals surface area contributed by atoms with Crippen LogP contribution in [0.1, 0.15) is 43.6 Å². The minimum Gasteiger partial charge on any atom is -0.481 e. The lowest BCUT2D eigenvalue weighted by molar-refractivity contribution is -0.138. The van der Waals surface area contributed by atoms with E-state index in [-0.39, 0.29) is 0 Å². The molecule has 2 heterocycles. The van der Waals surface area contributed by atoms with E-state index in [0.717, 1.165) is 42.6 Å². The molecule has 0 bridgehead atoms. The molecule has 1 saturated carbocycles. The number of anilines is 2. The zero-order valence-corrected chi connectivity index (χ0v) is 17.3. The number of rotatable bonds is 6. The number of hydrogen-bond acceptors (Lipinski definition) is 4. The van der Waals surface area contributed by atoms with Gasteiger partial charge in [-0.15, -0.1) is 0 Å². The van der Waals surface area contributed by atoms with Crippen LogP contribution in [0.3, 0.4) is 0 Å². The molecule has 0 unspecified atom stereocenters. The molecule has 0 saturated heterocycles. The molecule has 0 amide bonds. The monoisotopic (exact) mass is 421 g/mol. The average molecular weight is 422 g/mol. The van der Waals surface area contributed by atoms with Gasteiger partial charge in [0, 0.05) is 24.4 Å². The van der Waals surface area contributed by atoms with Crippen LogP contribution in [0.25, 0.3) is 11.1 Å². The topological polar surface area (TPSA) is 75.1 Å². The quantitative estimate of drug-likeness (QED) is 0.489. The molecular formula is C24H24ClN3O2. The summed E-state index contributed by atoms with van der Waals surface area (Å²) in [6.45, 7) is 0. The first kappa shape index (κ1) is 20.4. The molecule has 0 aliphatic heterocycles. The highest BCUT2D eigenvalue weighted by Gasteiger charge is 2.23. The van der Waals surface area contributed by atoms with Crippen LogP contribution in [-0.2, 0) is 4.79 Å². The molecule has 2 aromatic heterocycles. The van der Waals surface area contributed by atoms with Crippen molar-refractivity contribution < 1.29 is 9.90 Å². The zero-order valence-electron chi connectivity index (χ0n) is 16.6. The van der Waals surface area contributed by atoms with Gasteiger partial charge in [-0.25, -0.2) is 9.97 Å². The molecule has 1 fully saturated rings. The maximum absolute atomic E-state index is 10.9. The van der Waals surface area contributed by atoms with Gasteiger partial charge in [0.15, 0.2) is 0 Å². The molecule has 1 aliphatic carbocycles. The lowest BCUT2D eigenvalue weighted by Crippen LogP contribution is -2.16. The van der Waals surface area contributed by atoms with Gasteiger partial charge in [0.2, 0.25) is 0 Å². The smallest absolute Gasteiger partial charge is 0.303 e. The van der Waals surface area contributed by atoms with E-state index in [1.54, 1.807) is 12.3 Å². The molecule has 3 aromatic rings. The van der Waals surface area contributed by atoms with Gasteiger partial charge in [-0.1, -0.05) is 35.9 Å². The van der Waals surface area contributed by atoms with Crippen molar-refractivity contribution in [3.05, 3.63) is 71.5 Å². The molecule has 1 aliphatic rings. The summed E-state index contributed by atoms with van der Waals surface area (Å²) >= 11 is 5.86. The van der Waals surface area contributed by atoms with Crippen LogP contribution in [0.15, 0.2) is 60.9 Å². The number of nitrogens with zero attached hydrogens (tertiary/aromatic N) is 2. The first-order chi connectivity index (χ1) is 14.6. The number of halogens is 1. The Morgan fingerprint density at radius 3 is 2.10 bits per heavy atom. The van der Waals surface area contributed by atoms with Crippen molar-refractivity contribution in [1.82, 2.24) is 9.97 Å². The van der Waals surface area contributed by atoms with Crippen molar-refractivity contribution in [2.45, 2.75) is 38.0 Å². The number of carboxylic acids is 1. The minimum atomic E-state index is -0.679. The Labute approximate surface area is 181 Å². The molecule has 0 spiro atoms. The summed E-state index contributed by atoms with van der Waals surface area (Å²) in [5, 5.41) is 12.7. The Hall–Kier alpha value is -2.92. The van der Waals surface area contributed by atoms with Crippen LogP contribution in [0, 0.1) is 5.92 Å². The van der Waals surface area contributed by atoms with E-state index in [1.807, 2.05) is 24.4 Å². The second kappa shape index (κ2) is 9.26. The Morgan fingerprint density at radius 1 is 0.900 bits per heavy atom. The number of aromatic nitrogens is 2. The predicted molar refractivity (Wildman–Crippen MR) is 119 cm³/mol. The van der Waals surface area contributed by atoms with Crippen LogP contribution in [-0.4, -0.2) is 21.0 Å². The molecule has 5 nitrogen and oxygen atoms in total. The molecule has 154 valence electrons. The highest BCUT2D eigenvalue weighted by atomic mass is 35.5. The molecular weight excluding hydrogens is 398 g/mol. The van der Waals surface area contributed by atoms with Crippen molar-refractivity contribution in [2.75, 3.05) is 5.32 Å². The van der Waals surface area contributed by atoms with E-state index >= 15 is 0 Å². The van der Waals surface area contributed by atoms with Gasteiger partial charge in [-0.05, 0) is 72.9 Å². The summed E-state index contributed by atoms with van der Waals surface area (Å²) in [4.78, 5) is 19.6. The first-order valence-electron chi connectivity index (χ1n) is 10.2. The number of carboxylic acid groups (broad SMARTS) is 1. The van der Waals surface area contributed by atoms with E-state index in [4.69, 9.17) is 16.7 Å². The minimum absolute atomic E-state index is 0.303.